The number of rotatable bonds is 5. The van der Waals surface area contributed by atoms with Crippen molar-refractivity contribution in [1.82, 2.24) is 20.9 Å². The topological polar surface area (TPSA) is 73.5 Å². The molecule has 1 heterocycles. The molecule has 1 saturated heterocycles. The molecule has 6 nitrogen and oxygen atoms in total. The van der Waals surface area contributed by atoms with Gasteiger partial charge in [0.15, 0.2) is 0 Å². The van der Waals surface area contributed by atoms with Crippen LogP contribution in [0, 0.1) is 0 Å². The van der Waals surface area contributed by atoms with E-state index in [-0.39, 0.29) is 36.9 Å². The van der Waals surface area contributed by atoms with Crippen molar-refractivity contribution < 1.29 is 9.59 Å². The predicted octanol–water partition coefficient (Wildman–Crippen LogP) is 1.77. The van der Waals surface area contributed by atoms with Crippen LogP contribution in [0.2, 0.25) is 5.02 Å². The van der Waals surface area contributed by atoms with Crippen LogP contribution in [0.1, 0.15) is 18.4 Å². The molecule has 1 aromatic rings. The van der Waals surface area contributed by atoms with Crippen LogP contribution in [0.25, 0.3) is 0 Å². The smallest absolute Gasteiger partial charge is 0.315 e. The number of carbonyl (C=O) groups excluding carboxylic acids is 2. The van der Waals surface area contributed by atoms with Crippen molar-refractivity contribution in [3.05, 3.63) is 34.9 Å². The van der Waals surface area contributed by atoms with Crippen molar-refractivity contribution in [2.45, 2.75) is 25.4 Å². The summed E-state index contributed by atoms with van der Waals surface area (Å²) in [5, 5.41) is 9.25. The van der Waals surface area contributed by atoms with Gasteiger partial charge in [-0.25, -0.2) is 4.79 Å². The summed E-state index contributed by atoms with van der Waals surface area (Å²) in [6.07, 6.45) is 1.90. The van der Waals surface area contributed by atoms with E-state index in [0.29, 0.717) is 11.6 Å². The molecule has 1 aromatic carbocycles. The number of halogens is 2. The molecule has 1 aliphatic heterocycles. The van der Waals surface area contributed by atoms with Crippen LogP contribution in [-0.2, 0) is 11.3 Å². The SMILES string of the molecule is CN(C(=O)CNC(=O)NCc1ccc(Cl)cc1)C1CCNCC1.Cl. The van der Waals surface area contributed by atoms with E-state index >= 15 is 0 Å². The monoisotopic (exact) mass is 374 g/mol. The number of benzene rings is 1. The third-order valence-electron chi connectivity index (χ3n) is 4.02. The summed E-state index contributed by atoms with van der Waals surface area (Å²) in [7, 11) is 1.80. The zero-order valence-corrected chi connectivity index (χ0v) is 15.3. The number of hydrogen-bond donors (Lipinski definition) is 3. The van der Waals surface area contributed by atoms with Gasteiger partial charge >= 0.3 is 6.03 Å². The molecule has 2 rings (SSSR count). The molecule has 0 bridgehead atoms. The van der Waals surface area contributed by atoms with Gasteiger partial charge in [0.1, 0.15) is 0 Å². The molecule has 8 heteroatoms. The number of amides is 3. The van der Waals surface area contributed by atoms with Crippen LogP contribution >= 0.6 is 24.0 Å². The molecule has 0 aromatic heterocycles. The van der Waals surface area contributed by atoms with Gasteiger partial charge in [-0.15, -0.1) is 12.4 Å². The highest BCUT2D eigenvalue weighted by Gasteiger charge is 2.21. The number of piperidine rings is 1. The molecule has 134 valence electrons. The highest BCUT2D eigenvalue weighted by atomic mass is 35.5. The van der Waals surface area contributed by atoms with Gasteiger partial charge in [-0.05, 0) is 43.6 Å². The molecule has 0 unspecified atom stereocenters. The van der Waals surface area contributed by atoms with Crippen molar-refractivity contribution >= 4 is 35.9 Å². The number of nitrogens with one attached hydrogen (secondary N) is 3. The maximum absolute atomic E-state index is 12.1. The van der Waals surface area contributed by atoms with E-state index < -0.39 is 0 Å². The highest BCUT2D eigenvalue weighted by Crippen LogP contribution is 2.10. The Kier molecular flexibility index (Phi) is 8.89. The van der Waals surface area contributed by atoms with Crippen LogP contribution in [0.15, 0.2) is 24.3 Å². The summed E-state index contributed by atoms with van der Waals surface area (Å²) in [4.78, 5) is 25.6. The highest BCUT2D eigenvalue weighted by molar-refractivity contribution is 6.30. The molecule has 24 heavy (non-hydrogen) atoms. The first kappa shape index (κ1) is 20.5. The zero-order valence-electron chi connectivity index (χ0n) is 13.7. The van der Waals surface area contributed by atoms with Crippen molar-refractivity contribution in [3.8, 4) is 0 Å². The maximum Gasteiger partial charge on any atom is 0.315 e. The molecule has 1 fully saturated rings. The summed E-state index contributed by atoms with van der Waals surface area (Å²) in [6.45, 7) is 2.25. The zero-order chi connectivity index (χ0) is 16.7. The Hall–Kier alpha value is -1.50. The summed E-state index contributed by atoms with van der Waals surface area (Å²) < 4.78 is 0. The molecule has 0 saturated carbocycles. The molecule has 0 aliphatic carbocycles. The van der Waals surface area contributed by atoms with Crippen molar-refractivity contribution in [2.75, 3.05) is 26.7 Å². The van der Waals surface area contributed by atoms with Gasteiger partial charge in [0.05, 0.1) is 6.54 Å². The lowest BCUT2D eigenvalue weighted by molar-refractivity contribution is -0.131. The fourth-order valence-electron chi connectivity index (χ4n) is 2.53. The molecule has 1 aliphatic rings. The molecular weight excluding hydrogens is 351 g/mol. The lowest BCUT2D eigenvalue weighted by Gasteiger charge is -2.31. The van der Waals surface area contributed by atoms with Crippen LogP contribution in [0.3, 0.4) is 0 Å². The second kappa shape index (κ2) is 10.4. The van der Waals surface area contributed by atoms with E-state index in [1.807, 2.05) is 12.1 Å². The Morgan fingerprint density at radius 1 is 1.21 bits per heavy atom. The summed E-state index contributed by atoms with van der Waals surface area (Å²) in [5.74, 6) is -0.0708. The molecule has 0 spiro atoms. The minimum absolute atomic E-state index is 0. The average molecular weight is 375 g/mol. The molecule has 3 N–H and O–H groups in total. The first-order valence-electron chi connectivity index (χ1n) is 7.79. The quantitative estimate of drug-likeness (QED) is 0.735. The van der Waals surface area contributed by atoms with Gasteiger partial charge in [-0.2, -0.15) is 0 Å². The number of urea groups is 1. The third-order valence-corrected chi connectivity index (χ3v) is 4.27. The Labute approximate surface area is 153 Å². The molecular formula is C16H24Cl2N4O2. The average Bonchev–Trinajstić information content (AvgIpc) is 2.59. The van der Waals surface area contributed by atoms with Crippen LogP contribution in [0.4, 0.5) is 4.79 Å². The maximum atomic E-state index is 12.1. The van der Waals surface area contributed by atoms with E-state index in [4.69, 9.17) is 11.6 Å². The van der Waals surface area contributed by atoms with Gasteiger partial charge in [0.2, 0.25) is 5.91 Å². The number of nitrogens with zero attached hydrogens (tertiary/aromatic N) is 1. The Morgan fingerprint density at radius 2 is 1.83 bits per heavy atom. The number of hydrogen-bond acceptors (Lipinski definition) is 3. The largest absolute Gasteiger partial charge is 0.341 e. The van der Waals surface area contributed by atoms with Gasteiger partial charge < -0.3 is 20.9 Å². The summed E-state index contributed by atoms with van der Waals surface area (Å²) in [6, 6.07) is 7.13. The Morgan fingerprint density at radius 3 is 2.46 bits per heavy atom. The van der Waals surface area contributed by atoms with Crippen molar-refractivity contribution in [2.24, 2.45) is 0 Å². The van der Waals surface area contributed by atoms with Crippen molar-refractivity contribution in [1.29, 1.82) is 0 Å². The summed E-state index contributed by atoms with van der Waals surface area (Å²) >= 11 is 5.81. The second-order valence-corrected chi connectivity index (χ2v) is 6.08. The van der Waals surface area contributed by atoms with E-state index in [9.17, 15) is 9.59 Å². The van der Waals surface area contributed by atoms with E-state index in [1.54, 1.807) is 24.1 Å². The molecule has 0 atom stereocenters. The second-order valence-electron chi connectivity index (χ2n) is 5.65. The van der Waals surface area contributed by atoms with Crippen LogP contribution in [-0.4, -0.2) is 49.6 Å². The minimum Gasteiger partial charge on any atom is -0.341 e. The fourth-order valence-corrected chi connectivity index (χ4v) is 2.65. The normalized spacial score (nSPS) is 14.4. The van der Waals surface area contributed by atoms with Crippen molar-refractivity contribution in [3.63, 3.8) is 0 Å². The Bertz CT molecular complexity index is 533. The van der Waals surface area contributed by atoms with Gasteiger partial charge in [0.25, 0.3) is 0 Å². The third kappa shape index (κ3) is 6.55. The Balaban J connectivity index is 0.00000288. The van der Waals surface area contributed by atoms with Crippen LogP contribution < -0.4 is 16.0 Å². The van der Waals surface area contributed by atoms with Gasteiger partial charge in [-0.3, -0.25) is 4.79 Å². The minimum atomic E-state index is -0.355. The molecule has 0 radical (unpaired) electrons. The van der Waals surface area contributed by atoms with Gasteiger partial charge in [0, 0.05) is 24.7 Å². The van der Waals surface area contributed by atoms with E-state index in [2.05, 4.69) is 16.0 Å². The lowest BCUT2D eigenvalue weighted by Crippen LogP contribution is -2.48. The first-order chi connectivity index (χ1) is 11.1. The number of likely N-dealkylation sites (N-methyl/N-ethyl adjacent to an activating group) is 1. The van der Waals surface area contributed by atoms with Crippen LogP contribution in [0.5, 0.6) is 0 Å². The fraction of sp³-hybridized carbons (Fsp3) is 0.500. The standard InChI is InChI=1S/C16H23ClN4O2.ClH/c1-21(14-6-8-18-9-7-14)15(22)11-20-16(23)19-10-12-2-4-13(17)5-3-12;/h2-5,14,18H,6-11H2,1H3,(H2,19,20,23);1H. The number of carbonyl (C=O) groups is 2. The first-order valence-corrected chi connectivity index (χ1v) is 8.16. The van der Waals surface area contributed by atoms with Gasteiger partial charge in [-0.1, -0.05) is 23.7 Å². The summed E-state index contributed by atoms with van der Waals surface area (Å²) in [5.41, 5.74) is 0.947. The van der Waals surface area contributed by atoms with E-state index in [0.717, 1.165) is 31.5 Å². The van der Waals surface area contributed by atoms with E-state index in [1.165, 1.54) is 0 Å². The predicted molar refractivity (Wildman–Crippen MR) is 97.6 cm³/mol. The lowest BCUT2D eigenvalue weighted by atomic mass is 10.1. The molecule has 3 amide bonds.